The zero-order chi connectivity index (χ0) is 37.4. The molecule has 0 aliphatic heterocycles. The third-order valence-corrected chi connectivity index (χ3v) is 6.65. The fourth-order valence-corrected chi connectivity index (χ4v) is 4.65. The van der Waals surface area contributed by atoms with Crippen molar-refractivity contribution in [1.29, 1.82) is 21.0 Å². The van der Waals surface area contributed by atoms with Crippen LogP contribution in [-0.2, 0) is 12.4 Å². The van der Waals surface area contributed by atoms with E-state index in [1.165, 1.54) is 0 Å². The second kappa shape index (κ2) is 11.5. The molecule has 0 atom stereocenters. The molecule has 50 heavy (non-hydrogen) atoms. The summed E-state index contributed by atoms with van der Waals surface area (Å²) in [5, 5.41) is 37.0. The zero-order valence-corrected chi connectivity index (χ0v) is 22.8. The molecule has 0 aliphatic carbocycles. The lowest BCUT2D eigenvalue weighted by Gasteiger charge is -2.16. The minimum atomic E-state index is -6.10. The van der Waals surface area contributed by atoms with Gasteiger partial charge in [-0.05, 0) is 0 Å². The van der Waals surface area contributed by atoms with E-state index in [2.05, 4.69) is 9.97 Å². The highest BCUT2D eigenvalue weighted by Gasteiger charge is 2.45. The summed E-state index contributed by atoms with van der Waals surface area (Å²) >= 11 is 0. The van der Waals surface area contributed by atoms with E-state index < -0.39 is 137 Å². The Bertz CT molecular complexity index is 2330. The first-order valence-electron chi connectivity index (χ1n) is 12.3. The highest BCUT2D eigenvalue weighted by molar-refractivity contribution is 6.16. The largest absolute Gasteiger partial charge is 0.434 e. The molecule has 0 saturated heterocycles. The van der Waals surface area contributed by atoms with Gasteiger partial charge in [0.2, 0.25) is 11.1 Å². The minimum absolute atomic E-state index is 1.15. The molecule has 252 valence electrons. The standard InChI is InChI=1S/C28F14N6O2/c29-13-7(14(30)18(34)11(17(13)33)27(37,38)39)9-21-23(49-25(47-21)5(1-43)2-44)10(22-24(9)50-26(48-22)6(3-45)4-46)8-15(31)19(35)12(28(40,41)42)20(36)16(8)32. The lowest BCUT2D eigenvalue weighted by Crippen LogP contribution is -2.16. The Kier molecular flexibility index (Phi) is 7.96. The fraction of sp³-hybridized carbons (Fsp3) is 0.0714. The first-order valence-corrected chi connectivity index (χ1v) is 12.3. The maximum absolute atomic E-state index is 15.4. The molecule has 2 heterocycles. The smallest absolute Gasteiger partial charge is 0.422 e. The van der Waals surface area contributed by atoms with Gasteiger partial charge in [0.15, 0.2) is 68.9 Å². The Morgan fingerprint density at radius 3 is 0.920 bits per heavy atom. The highest BCUT2D eigenvalue weighted by Crippen LogP contribution is 2.48. The summed E-state index contributed by atoms with van der Waals surface area (Å²) in [5.74, 6) is -24.1. The lowest BCUT2D eigenvalue weighted by molar-refractivity contribution is -0.144. The van der Waals surface area contributed by atoms with Crippen LogP contribution in [0.2, 0.25) is 0 Å². The maximum atomic E-state index is 15.4. The van der Waals surface area contributed by atoms with E-state index in [-0.39, 0.29) is 0 Å². The van der Waals surface area contributed by atoms with Gasteiger partial charge < -0.3 is 8.83 Å². The third kappa shape index (κ3) is 4.88. The average Bonchev–Trinajstić information content (AvgIpc) is 3.65. The lowest BCUT2D eigenvalue weighted by atomic mass is 9.93. The second-order valence-corrected chi connectivity index (χ2v) is 9.35. The summed E-state index contributed by atoms with van der Waals surface area (Å²) in [6, 6.07) is 4.60. The number of benzene rings is 3. The van der Waals surface area contributed by atoms with Gasteiger partial charge in [-0.3, -0.25) is 0 Å². The molecule has 2 aromatic heterocycles. The highest BCUT2D eigenvalue weighted by atomic mass is 19.4. The first-order chi connectivity index (χ1) is 23.3. The van der Waals surface area contributed by atoms with Crippen molar-refractivity contribution in [3.63, 3.8) is 0 Å². The van der Waals surface area contributed by atoms with Crippen molar-refractivity contribution >= 4 is 33.3 Å². The topological polar surface area (TPSA) is 147 Å². The summed E-state index contributed by atoms with van der Waals surface area (Å²) in [7, 11) is 0. The molecule has 0 fully saturated rings. The number of rotatable bonds is 2. The third-order valence-electron chi connectivity index (χ3n) is 6.65. The fourth-order valence-electron chi connectivity index (χ4n) is 4.65. The van der Waals surface area contributed by atoms with Crippen LogP contribution in [0.1, 0.15) is 11.1 Å². The number of fused-ring (bicyclic) bond motifs is 2. The predicted octanol–water partition coefficient (Wildman–Crippen LogP) is 6.85. The van der Waals surface area contributed by atoms with Gasteiger partial charge in [0.05, 0.1) is 22.3 Å². The van der Waals surface area contributed by atoms with E-state index in [9.17, 15) is 65.0 Å². The normalized spacial score (nSPS) is 11.7. The van der Waals surface area contributed by atoms with E-state index in [0.717, 1.165) is 24.3 Å². The van der Waals surface area contributed by atoms with Gasteiger partial charge in [-0.1, -0.05) is 0 Å². The molecule has 0 radical (unpaired) electrons. The number of nitriles is 4. The molecule has 0 N–H and O–H groups in total. The summed E-state index contributed by atoms with van der Waals surface area (Å²) in [4.78, 5) is 6.90. The summed E-state index contributed by atoms with van der Waals surface area (Å²) in [6.07, 6.45) is -12.2. The molecule has 5 rings (SSSR count). The Labute approximate surface area is 262 Å². The van der Waals surface area contributed by atoms with Crippen LogP contribution in [-0.4, -0.2) is 9.97 Å². The molecule has 0 amide bonds. The van der Waals surface area contributed by atoms with Crippen molar-refractivity contribution in [1.82, 2.24) is 9.97 Å². The van der Waals surface area contributed by atoms with E-state index >= 15 is 17.6 Å². The van der Waals surface area contributed by atoms with Crippen molar-refractivity contribution in [2.45, 2.75) is 12.4 Å². The monoisotopic (exact) mass is 718 g/mol. The molecule has 0 aliphatic rings. The number of oxazole rings is 2. The van der Waals surface area contributed by atoms with Gasteiger partial charge in [0, 0.05) is 0 Å². The van der Waals surface area contributed by atoms with Crippen LogP contribution in [0.3, 0.4) is 0 Å². The molecule has 0 bridgehead atoms. The summed E-state index contributed by atoms with van der Waals surface area (Å²) in [5.41, 5.74) is -25.2. The summed E-state index contributed by atoms with van der Waals surface area (Å²) < 4.78 is 211. The van der Waals surface area contributed by atoms with Crippen LogP contribution in [0.4, 0.5) is 61.5 Å². The Hall–Kier alpha value is -6.68. The van der Waals surface area contributed by atoms with Crippen molar-refractivity contribution in [2.75, 3.05) is 0 Å². The van der Waals surface area contributed by atoms with E-state index in [1.807, 2.05) is 0 Å². The molecule has 0 spiro atoms. The second-order valence-electron chi connectivity index (χ2n) is 9.35. The number of halogens is 14. The van der Waals surface area contributed by atoms with Crippen LogP contribution in [0, 0.1) is 91.9 Å². The molecule has 22 heteroatoms. The van der Waals surface area contributed by atoms with Crippen LogP contribution in [0.15, 0.2) is 8.83 Å². The molecular weight excluding hydrogens is 718 g/mol. The molecule has 8 nitrogen and oxygen atoms in total. The quantitative estimate of drug-likeness (QED) is 0.142. The van der Waals surface area contributed by atoms with Gasteiger partial charge in [-0.25, -0.2) is 45.1 Å². The SMILES string of the molecule is N#CC(C#N)=c1nc2c(-c3c(F)c(F)c(C(F)(F)F)c(F)c3F)c3oc(=C(C#N)C#N)nc3c(-c3c(F)c(F)c(C(F)(F)F)c(F)c3F)c2o1. The number of nitrogens with zero attached hydrogens (tertiary/aromatic N) is 6. The number of aromatic nitrogens is 2. The number of hydrogen-bond donors (Lipinski definition) is 0. The van der Waals surface area contributed by atoms with Crippen molar-refractivity contribution in [3.05, 3.63) is 68.8 Å². The van der Waals surface area contributed by atoms with E-state index in [1.54, 1.807) is 0 Å². The average molecular weight is 718 g/mol. The van der Waals surface area contributed by atoms with Gasteiger partial charge in [-0.2, -0.15) is 47.4 Å². The van der Waals surface area contributed by atoms with E-state index in [0.29, 0.717) is 0 Å². The van der Waals surface area contributed by atoms with Crippen LogP contribution < -0.4 is 11.1 Å². The first kappa shape index (κ1) is 34.6. The summed E-state index contributed by atoms with van der Waals surface area (Å²) in [6.45, 7) is 0. The van der Waals surface area contributed by atoms with Gasteiger partial charge >= 0.3 is 12.4 Å². The molecule has 0 unspecified atom stereocenters. The van der Waals surface area contributed by atoms with Crippen LogP contribution >= 0.6 is 0 Å². The van der Waals surface area contributed by atoms with Gasteiger partial charge in [-0.15, -0.1) is 0 Å². The molecular formula is C28F14N6O2. The Balaban J connectivity index is 2.22. The predicted molar refractivity (Wildman–Crippen MR) is 131 cm³/mol. The van der Waals surface area contributed by atoms with Gasteiger partial charge in [0.1, 0.15) is 46.4 Å². The molecule has 3 aromatic carbocycles. The van der Waals surface area contributed by atoms with Gasteiger partial charge in [0.25, 0.3) is 0 Å². The van der Waals surface area contributed by atoms with Crippen LogP contribution in [0.25, 0.3) is 55.6 Å². The minimum Gasteiger partial charge on any atom is -0.434 e. The van der Waals surface area contributed by atoms with Crippen molar-refractivity contribution in [3.8, 4) is 46.5 Å². The Morgan fingerprint density at radius 1 is 0.440 bits per heavy atom. The van der Waals surface area contributed by atoms with Crippen molar-refractivity contribution < 1.29 is 70.3 Å². The number of alkyl halides is 6. The van der Waals surface area contributed by atoms with Crippen LogP contribution in [0.5, 0.6) is 0 Å². The molecule has 5 aromatic rings. The number of hydrogen-bond acceptors (Lipinski definition) is 8. The van der Waals surface area contributed by atoms with E-state index in [4.69, 9.17) is 8.83 Å². The maximum Gasteiger partial charge on any atom is 0.422 e. The Morgan fingerprint density at radius 2 is 0.700 bits per heavy atom. The zero-order valence-electron chi connectivity index (χ0n) is 22.8. The molecule has 0 saturated carbocycles. The van der Waals surface area contributed by atoms with Crippen molar-refractivity contribution in [2.24, 2.45) is 0 Å².